The van der Waals surface area contributed by atoms with Crippen molar-refractivity contribution < 1.29 is 13.9 Å². The lowest BCUT2D eigenvalue weighted by atomic mass is 10.1. The van der Waals surface area contributed by atoms with Crippen molar-refractivity contribution in [1.29, 1.82) is 5.26 Å². The fourth-order valence-electron chi connectivity index (χ4n) is 3.85. The molecule has 0 unspecified atom stereocenters. The Kier molecular flexibility index (Phi) is 6.99. The number of carbonyl (C=O) groups excluding carboxylic acids is 1. The van der Waals surface area contributed by atoms with Gasteiger partial charge in [-0.25, -0.2) is 9.18 Å². The summed E-state index contributed by atoms with van der Waals surface area (Å²) in [4.78, 5) is 17.2. The van der Waals surface area contributed by atoms with Crippen LogP contribution in [0, 0.1) is 17.1 Å². The van der Waals surface area contributed by atoms with Crippen molar-refractivity contribution in [3.63, 3.8) is 0 Å². The molecule has 0 aliphatic heterocycles. The molecule has 5 aromatic rings. The molecule has 3 aromatic heterocycles. The van der Waals surface area contributed by atoms with Crippen molar-refractivity contribution in [3.8, 4) is 40.1 Å². The topological polar surface area (TPSA) is 134 Å². The lowest BCUT2D eigenvalue weighted by molar-refractivity contribution is 0.262. The van der Waals surface area contributed by atoms with E-state index in [4.69, 9.17) is 4.74 Å². The molecule has 5 rings (SSSR count). The van der Waals surface area contributed by atoms with Crippen LogP contribution in [-0.2, 0) is 5.54 Å². The minimum atomic E-state index is -0.677. The number of nitriles is 1. The number of H-pyrrole nitrogens is 1. The molecule has 0 atom stereocenters. The monoisotopic (exact) mass is 536 g/mol. The number of nitrogens with one attached hydrogen (secondary N) is 3. The van der Waals surface area contributed by atoms with Gasteiger partial charge in [0.1, 0.15) is 23.0 Å². The van der Waals surface area contributed by atoms with Crippen LogP contribution in [0.2, 0.25) is 0 Å². The van der Waals surface area contributed by atoms with E-state index in [1.54, 1.807) is 71.9 Å². The first-order chi connectivity index (χ1) is 19.2. The summed E-state index contributed by atoms with van der Waals surface area (Å²) in [6.45, 7) is 5.92. The van der Waals surface area contributed by atoms with E-state index in [0.717, 1.165) is 5.56 Å². The van der Waals surface area contributed by atoms with Gasteiger partial charge in [-0.15, -0.1) is 0 Å². The van der Waals surface area contributed by atoms with Crippen LogP contribution in [0.1, 0.15) is 26.3 Å². The number of urea groups is 1. The zero-order chi connectivity index (χ0) is 28.3. The predicted octanol–water partition coefficient (Wildman–Crippen LogP) is 6.54. The van der Waals surface area contributed by atoms with E-state index in [2.05, 4.69) is 37.0 Å². The van der Waals surface area contributed by atoms with Gasteiger partial charge in [-0.05, 0) is 51.1 Å². The van der Waals surface area contributed by atoms with Gasteiger partial charge >= 0.3 is 6.03 Å². The number of pyridine rings is 1. The molecule has 200 valence electrons. The largest absolute Gasteiger partial charge is 0.457 e. The van der Waals surface area contributed by atoms with Crippen LogP contribution in [0.4, 0.5) is 20.6 Å². The number of hydrogen-bond acceptors (Lipinski definition) is 6. The second-order valence-electron chi connectivity index (χ2n) is 9.89. The maximum atomic E-state index is 14.9. The summed E-state index contributed by atoms with van der Waals surface area (Å²) < 4.78 is 22.5. The van der Waals surface area contributed by atoms with Crippen LogP contribution < -0.4 is 15.4 Å². The zero-order valence-electron chi connectivity index (χ0n) is 21.9. The maximum Gasteiger partial charge on any atom is 0.323 e. The van der Waals surface area contributed by atoms with Crippen molar-refractivity contribution in [3.05, 3.63) is 90.8 Å². The summed E-state index contributed by atoms with van der Waals surface area (Å²) in [7, 11) is 0. The fraction of sp³-hybridized carbons (Fsp3) is 0.138. The Morgan fingerprint density at radius 3 is 2.58 bits per heavy atom. The highest BCUT2D eigenvalue weighted by Gasteiger charge is 2.21. The number of benzene rings is 2. The normalized spacial score (nSPS) is 11.1. The summed E-state index contributed by atoms with van der Waals surface area (Å²) in [5.74, 6) is 0.0379. The van der Waals surface area contributed by atoms with E-state index < -0.39 is 11.8 Å². The van der Waals surface area contributed by atoms with Crippen molar-refractivity contribution in [2.24, 2.45) is 0 Å². The number of anilines is 2. The van der Waals surface area contributed by atoms with Crippen LogP contribution in [0.3, 0.4) is 0 Å². The molecule has 0 spiro atoms. The first kappa shape index (κ1) is 26.1. The maximum absolute atomic E-state index is 14.9. The highest BCUT2D eigenvalue weighted by Crippen LogP contribution is 2.31. The lowest BCUT2D eigenvalue weighted by Crippen LogP contribution is -2.22. The van der Waals surface area contributed by atoms with Gasteiger partial charge in [0.05, 0.1) is 40.4 Å². The number of halogens is 1. The average Bonchev–Trinajstić information content (AvgIpc) is 3.61. The van der Waals surface area contributed by atoms with E-state index >= 15 is 0 Å². The third kappa shape index (κ3) is 5.81. The number of ether oxygens (including phenoxy) is 1. The van der Waals surface area contributed by atoms with Crippen molar-refractivity contribution in [1.82, 2.24) is 25.0 Å². The van der Waals surface area contributed by atoms with Crippen LogP contribution in [0.25, 0.3) is 22.5 Å². The number of amides is 2. The summed E-state index contributed by atoms with van der Waals surface area (Å²) in [5, 5.41) is 25.9. The number of aromatic nitrogens is 5. The second-order valence-corrected chi connectivity index (χ2v) is 9.89. The first-order valence-corrected chi connectivity index (χ1v) is 12.3. The molecule has 0 bridgehead atoms. The number of rotatable bonds is 6. The molecular weight excluding hydrogens is 511 g/mol. The molecule has 0 radical (unpaired) electrons. The van der Waals surface area contributed by atoms with Gasteiger partial charge < -0.3 is 15.4 Å². The third-order valence-electron chi connectivity index (χ3n) is 5.86. The van der Waals surface area contributed by atoms with Gasteiger partial charge in [-0.1, -0.05) is 12.1 Å². The number of nitrogens with zero attached hydrogens (tertiary/aromatic N) is 5. The Morgan fingerprint density at radius 1 is 1.05 bits per heavy atom. The van der Waals surface area contributed by atoms with Gasteiger partial charge in [-0.2, -0.15) is 15.5 Å². The van der Waals surface area contributed by atoms with E-state index in [1.807, 2.05) is 20.8 Å². The Bertz CT molecular complexity index is 1710. The third-order valence-corrected chi connectivity index (χ3v) is 5.86. The van der Waals surface area contributed by atoms with E-state index in [9.17, 15) is 14.4 Å². The van der Waals surface area contributed by atoms with Gasteiger partial charge in [0.2, 0.25) is 0 Å². The minimum Gasteiger partial charge on any atom is -0.457 e. The quantitative estimate of drug-likeness (QED) is 0.226. The predicted molar refractivity (Wildman–Crippen MR) is 148 cm³/mol. The zero-order valence-corrected chi connectivity index (χ0v) is 21.9. The van der Waals surface area contributed by atoms with Crippen LogP contribution >= 0.6 is 0 Å². The standard InChI is InChI=1S/C29H25FN8O2/c1-29(2,3)38-17-26(27(37-38)19-6-4-5-18(11-19)14-31)36-28(39)35-24-8-7-21(12-23(24)30)40-22-9-10-32-25(13-22)20-15-33-34-16-20/h4-13,15-17H,1-3H3,(H,33,34)(H2,35,36,39). The van der Waals surface area contributed by atoms with E-state index in [1.165, 1.54) is 12.1 Å². The molecule has 0 fully saturated rings. The molecular formula is C29H25FN8O2. The van der Waals surface area contributed by atoms with Crippen molar-refractivity contribution in [2.45, 2.75) is 26.3 Å². The molecule has 2 amide bonds. The molecule has 3 heterocycles. The van der Waals surface area contributed by atoms with Crippen molar-refractivity contribution >= 4 is 17.4 Å². The summed E-state index contributed by atoms with van der Waals surface area (Å²) in [6.07, 6.45) is 6.63. The Hall–Kier alpha value is -5.50. The average molecular weight is 537 g/mol. The van der Waals surface area contributed by atoms with Crippen LogP contribution in [0.5, 0.6) is 11.5 Å². The Labute approximate surface area is 229 Å². The molecule has 2 aromatic carbocycles. The van der Waals surface area contributed by atoms with Gasteiger partial charge in [-0.3, -0.25) is 14.8 Å². The summed E-state index contributed by atoms with van der Waals surface area (Å²) in [5.41, 5.74) is 3.06. The highest BCUT2D eigenvalue weighted by molar-refractivity contribution is 6.02. The Balaban J connectivity index is 1.32. The number of hydrogen-bond donors (Lipinski definition) is 3. The van der Waals surface area contributed by atoms with Gasteiger partial charge in [0, 0.05) is 41.9 Å². The fourth-order valence-corrected chi connectivity index (χ4v) is 3.85. The van der Waals surface area contributed by atoms with Gasteiger partial charge in [0.15, 0.2) is 0 Å². The second kappa shape index (κ2) is 10.7. The highest BCUT2D eigenvalue weighted by atomic mass is 19.1. The van der Waals surface area contributed by atoms with Gasteiger partial charge in [0.25, 0.3) is 0 Å². The van der Waals surface area contributed by atoms with Crippen LogP contribution in [-0.4, -0.2) is 31.0 Å². The molecule has 3 N–H and O–H groups in total. The van der Waals surface area contributed by atoms with E-state index in [0.29, 0.717) is 34.0 Å². The Morgan fingerprint density at radius 2 is 1.85 bits per heavy atom. The molecule has 40 heavy (non-hydrogen) atoms. The SMILES string of the molecule is CC(C)(C)n1cc(NC(=O)Nc2ccc(Oc3ccnc(-c4cn[nH]c4)c3)cc2F)c(-c2cccc(C#N)c2)n1. The first-order valence-electron chi connectivity index (χ1n) is 12.3. The molecule has 0 aliphatic rings. The number of carbonyl (C=O) groups is 1. The molecule has 10 nitrogen and oxygen atoms in total. The molecule has 0 saturated heterocycles. The smallest absolute Gasteiger partial charge is 0.323 e. The van der Waals surface area contributed by atoms with Crippen LogP contribution in [0.15, 0.2) is 79.4 Å². The lowest BCUT2D eigenvalue weighted by Gasteiger charge is -2.18. The summed E-state index contributed by atoms with van der Waals surface area (Å²) in [6, 6.07) is 15.9. The summed E-state index contributed by atoms with van der Waals surface area (Å²) >= 11 is 0. The minimum absolute atomic E-state index is 0.0325. The van der Waals surface area contributed by atoms with E-state index in [-0.39, 0.29) is 17.0 Å². The number of aromatic amines is 1. The molecule has 11 heteroatoms. The molecule has 0 aliphatic carbocycles. The molecule has 0 saturated carbocycles. The van der Waals surface area contributed by atoms with Crippen molar-refractivity contribution in [2.75, 3.05) is 10.6 Å².